The Morgan fingerprint density at radius 2 is 1.71 bits per heavy atom. The number of aryl methyl sites for hydroxylation is 1. The average Bonchev–Trinajstić information content (AvgIpc) is 3.15. The zero-order valence-corrected chi connectivity index (χ0v) is 16.8. The van der Waals surface area contributed by atoms with Crippen LogP contribution in [-0.2, 0) is 19.6 Å². The Hall–Kier alpha value is -2.02. The minimum Gasteiger partial charge on any atom is -0.359 e. The molecule has 0 unspecified atom stereocenters. The maximum atomic E-state index is 13.6. The van der Waals surface area contributed by atoms with Gasteiger partial charge in [0.2, 0.25) is 10.0 Å². The van der Waals surface area contributed by atoms with Gasteiger partial charge in [0.1, 0.15) is 12.0 Å². The second-order valence-corrected chi connectivity index (χ2v) is 9.46. The van der Waals surface area contributed by atoms with Crippen LogP contribution >= 0.6 is 0 Å². The Kier molecular flexibility index (Phi) is 5.36. The molecule has 0 aromatic heterocycles. The van der Waals surface area contributed by atoms with Crippen LogP contribution in [0.25, 0.3) is 0 Å². The molecule has 0 radical (unpaired) electrons. The number of Topliss-reactive ketones (excluding diaryl/α,β-unsaturated/α-hetero) is 1. The van der Waals surface area contributed by atoms with Crippen LogP contribution in [0.3, 0.4) is 0 Å². The number of nitrogens with zero attached hydrogens (tertiary/aromatic N) is 1. The first-order valence-corrected chi connectivity index (χ1v) is 11.2. The molecular formula is C22H25NO4S. The third-order valence-electron chi connectivity index (χ3n) is 5.71. The van der Waals surface area contributed by atoms with Crippen molar-refractivity contribution in [1.82, 2.24) is 4.31 Å². The molecule has 1 saturated carbocycles. The summed E-state index contributed by atoms with van der Waals surface area (Å²) in [6.45, 7) is 2.18. The molecule has 1 saturated heterocycles. The van der Waals surface area contributed by atoms with E-state index in [0.29, 0.717) is 12.8 Å². The van der Waals surface area contributed by atoms with Gasteiger partial charge in [-0.25, -0.2) is 8.42 Å². The highest BCUT2D eigenvalue weighted by Crippen LogP contribution is 2.41. The van der Waals surface area contributed by atoms with E-state index in [4.69, 9.17) is 4.74 Å². The fourth-order valence-corrected chi connectivity index (χ4v) is 5.90. The van der Waals surface area contributed by atoms with E-state index < -0.39 is 28.2 Å². The van der Waals surface area contributed by atoms with Crippen molar-refractivity contribution in [3.8, 4) is 0 Å². The maximum absolute atomic E-state index is 13.6. The Morgan fingerprint density at radius 3 is 2.39 bits per heavy atom. The molecule has 2 fully saturated rings. The summed E-state index contributed by atoms with van der Waals surface area (Å²) in [6.07, 6.45) is 2.22. The van der Waals surface area contributed by atoms with Crippen LogP contribution in [0.15, 0.2) is 59.5 Å². The van der Waals surface area contributed by atoms with Gasteiger partial charge in [0, 0.05) is 6.42 Å². The number of hydrogen-bond acceptors (Lipinski definition) is 4. The fraction of sp³-hybridized carbons (Fsp3) is 0.409. The van der Waals surface area contributed by atoms with Crippen molar-refractivity contribution in [3.05, 3.63) is 65.7 Å². The third kappa shape index (κ3) is 3.52. The van der Waals surface area contributed by atoms with E-state index in [0.717, 1.165) is 24.0 Å². The molecule has 6 heteroatoms. The summed E-state index contributed by atoms with van der Waals surface area (Å²) in [5, 5.41) is 0. The second-order valence-electron chi connectivity index (χ2n) is 7.62. The van der Waals surface area contributed by atoms with Gasteiger partial charge in [0.05, 0.1) is 23.5 Å². The minimum absolute atomic E-state index is 0.106. The zero-order chi connectivity index (χ0) is 19.7. The SMILES string of the molecule is Cc1ccc(S(=O)(=O)N2[C@@H]([C@H]3CCCCC3=O)OC[C@H]2c2ccccc2)cc1. The molecule has 0 amide bonds. The van der Waals surface area contributed by atoms with Crippen molar-refractivity contribution < 1.29 is 17.9 Å². The summed E-state index contributed by atoms with van der Waals surface area (Å²) in [5.74, 6) is -0.295. The quantitative estimate of drug-likeness (QED) is 0.784. The molecular weight excluding hydrogens is 374 g/mol. The van der Waals surface area contributed by atoms with E-state index in [1.54, 1.807) is 24.3 Å². The van der Waals surface area contributed by atoms with Crippen molar-refractivity contribution >= 4 is 15.8 Å². The van der Waals surface area contributed by atoms with Crippen LogP contribution in [0.2, 0.25) is 0 Å². The highest BCUT2D eigenvalue weighted by molar-refractivity contribution is 7.89. The number of ether oxygens (including phenoxy) is 1. The number of hydrogen-bond donors (Lipinski definition) is 0. The normalized spacial score (nSPS) is 26.5. The molecule has 0 N–H and O–H groups in total. The predicted octanol–water partition coefficient (Wildman–Crippen LogP) is 3.84. The minimum atomic E-state index is -3.82. The van der Waals surface area contributed by atoms with Gasteiger partial charge in [-0.05, 0) is 37.5 Å². The number of rotatable bonds is 4. The number of sulfonamides is 1. The highest BCUT2D eigenvalue weighted by Gasteiger charge is 2.49. The molecule has 1 aliphatic carbocycles. The standard InChI is InChI=1S/C22H25NO4S/c1-16-11-13-18(14-12-16)28(25,26)23-20(17-7-3-2-4-8-17)15-27-22(23)19-9-5-6-10-21(19)24/h2-4,7-8,11-14,19-20,22H,5-6,9-10,15H2,1H3/t19-,20-,22+/m0/s1. The molecule has 3 atom stereocenters. The van der Waals surface area contributed by atoms with E-state index in [-0.39, 0.29) is 17.3 Å². The summed E-state index contributed by atoms with van der Waals surface area (Å²) in [5.41, 5.74) is 1.87. The number of carbonyl (C=O) groups excluding carboxylic acids is 1. The first-order chi connectivity index (χ1) is 13.5. The molecule has 1 aliphatic heterocycles. The fourth-order valence-electron chi connectivity index (χ4n) is 4.17. The van der Waals surface area contributed by atoms with Crippen molar-refractivity contribution in [1.29, 1.82) is 0 Å². The smallest absolute Gasteiger partial charge is 0.245 e. The molecule has 148 valence electrons. The van der Waals surface area contributed by atoms with Gasteiger partial charge in [0.15, 0.2) is 0 Å². The molecule has 5 nitrogen and oxygen atoms in total. The third-order valence-corrected chi connectivity index (χ3v) is 7.59. The van der Waals surface area contributed by atoms with E-state index >= 15 is 0 Å². The van der Waals surface area contributed by atoms with Crippen molar-refractivity contribution in [2.24, 2.45) is 5.92 Å². The number of benzene rings is 2. The van der Waals surface area contributed by atoms with E-state index in [9.17, 15) is 13.2 Å². The molecule has 4 rings (SSSR count). The largest absolute Gasteiger partial charge is 0.359 e. The Balaban J connectivity index is 1.77. The second kappa shape index (κ2) is 7.78. The predicted molar refractivity (Wildman–Crippen MR) is 106 cm³/mol. The Labute approximate surface area is 166 Å². The van der Waals surface area contributed by atoms with Crippen molar-refractivity contribution in [2.45, 2.75) is 49.8 Å². The molecule has 0 spiro atoms. The van der Waals surface area contributed by atoms with E-state index in [1.165, 1.54) is 4.31 Å². The van der Waals surface area contributed by atoms with Gasteiger partial charge in [-0.1, -0.05) is 54.4 Å². The van der Waals surface area contributed by atoms with Crippen molar-refractivity contribution in [2.75, 3.05) is 6.61 Å². The lowest BCUT2D eigenvalue weighted by atomic mass is 9.86. The van der Waals surface area contributed by atoms with Crippen LogP contribution in [0.1, 0.15) is 42.9 Å². The van der Waals surface area contributed by atoms with Crippen LogP contribution < -0.4 is 0 Å². The van der Waals surface area contributed by atoms with Gasteiger partial charge in [0.25, 0.3) is 0 Å². The lowest BCUT2D eigenvalue weighted by molar-refractivity contribution is -0.131. The maximum Gasteiger partial charge on any atom is 0.245 e. The molecule has 2 aromatic rings. The highest BCUT2D eigenvalue weighted by atomic mass is 32.2. The molecule has 28 heavy (non-hydrogen) atoms. The summed E-state index contributed by atoms with van der Waals surface area (Å²) >= 11 is 0. The molecule has 2 aliphatic rings. The monoisotopic (exact) mass is 399 g/mol. The summed E-state index contributed by atoms with van der Waals surface area (Å²) in [6, 6.07) is 15.9. The lowest BCUT2D eigenvalue weighted by Gasteiger charge is -2.33. The average molecular weight is 400 g/mol. The number of ketones is 1. The van der Waals surface area contributed by atoms with Gasteiger partial charge in [-0.2, -0.15) is 4.31 Å². The van der Waals surface area contributed by atoms with Gasteiger partial charge in [-0.15, -0.1) is 0 Å². The summed E-state index contributed by atoms with van der Waals surface area (Å²) in [7, 11) is -3.82. The zero-order valence-electron chi connectivity index (χ0n) is 16.0. The first-order valence-electron chi connectivity index (χ1n) is 9.78. The molecule has 2 aromatic carbocycles. The van der Waals surface area contributed by atoms with E-state index in [1.807, 2.05) is 37.3 Å². The molecule has 0 bridgehead atoms. The lowest BCUT2D eigenvalue weighted by Crippen LogP contribution is -2.45. The van der Waals surface area contributed by atoms with Crippen molar-refractivity contribution in [3.63, 3.8) is 0 Å². The van der Waals surface area contributed by atoms with Gasteiger partial charge >= 0.3 is 0 Å². The Morgan fingerprint density at radius 1 is 1.00 bits per heavy atom. The summed E-state index contributed by atoms with van der Waals surface area (Å²) < 4.78 is 34.7. The summed E-state index contributed by atoms with van der Waals surface area (Å²) in [4.78, 5) is 12.8. The first kappa shape index (κ1) is 19.3. The van der Waals surface area contributed by atoms with Gasteiger partial charge < -0.3 is 4.74 Å². The van der Waals surface area contributed by atoms with Gasteiger partial charge in [-0.3, -0.25) is 4.79 Å². The van der Waals surface area contributed by atoms with Crippen LogP contribution in [0, 0.1) is 12.8 Å². The van der Waals surface area contributed by atoms with Crippen LogP contribution in [0.4, 0.5) is 0 Å². The van der Waals surface area contributed by atoms with E-state index in [2.05, 4.69) is 0 Å². The molecule has 1 heterocycles. The Bertz CT molecular complexity index is 940. The van der Waals surface area contributed by atoms with Crippen LogP contribution in [-0.4, -0.2) is 31.3 Å². The number of carbonyl (C=O) groups is 1. The van der Waals surface area contributed by atoms with Crippen LogP contribution in [0.5, 0.6) is 0 Å². The topological polar surface area (TPSA) is 63.7 Å².